The summed E-state index contributed by atoms with van der Waals surface area (Å²) in [6, 6.07) is 6.08. The fourth-order valence-corrected chi connectivity index (χ4v) is 2.19. The molecule has 1 aromatic carbocycles. The molecule has 0 unspecified atom stereocenters. The average molecular weight is 232 g/mol. The molecule has 1 aromatic rings. The summed E-state index contributed by atoms with van der Waals surface area (Å²) in [5.74, 6) is 0.244. The first-order valence-electron chi connectivity index (χ1n) is 6.20. The van der Waals surface area contributed by atoms with Crippen LogP contribution in [0.25, 0.3) is 0 Å². The van der Waals surface area contributed by atoms with Crippen molar-refractivity contribution in [2.75, 3.05) is 32.7 Å². The maximum Gasteiger partial charge on any atom is 0.177 e. The molecule has 0 saturated carbocycles. The third-order valence-corrected chi connectivity index (χ3v) is 3.27. The summed E-state index contributed by atoms with van der Waals surface area (Å²) < 4.78 is 0. The Labute approximate surface area is 103 Å². The Morgan fingerprint density at radius 1 is 1.29 bits per heavy atom. The quantitative estimate of drug-likeness (QED) is 0.799. The molecule has 1 fully saturated rings. The molecular formula is C14H20N2O. The molecule has 0 amide bonds. The van der Waals surface area contributed by atoms with Gasteiger partial charge in [0.1, 0.15) is 0 Å². The summed E-state index contributed by atoms with van der Waals surface area (Å²) in [5, 5.41) is 3.30. The monoisotopic (exact) mass is 232 g/mol. The lowest BCUT2D eigenvalue weighted by Gasteiger charge is -2.26. The van der Waals surface area contributed by atoms with Gasteiger partial charge < -0.3 is 5.32 Å². The number of rotatable bonds is 3. The first-order valence-corrected chi connectivity index (χ1v) is 6.20. The minimum absolute atomic E-state index is 0.244. The Morgan fingerprint density at radius 3 is 2.71 bits per heavy atom. The number of hydrogen-bond donors (Lipinski definition) is 1. The van der Waals surface area contributed by atoms with Gasteiger partial charge in [-0.2, -0.15) is 0 Å². The van der Waals surface area contributed by atoms with Crippen LogP contribution in [0, 0.1) is 13.8 Å². The molecule has 0 aliphatic carbocycles. The van der Waals surface area contributed by atoms with Crippen LogP contribution in [0.1, 0.15) is 21.5 Å². The molecule has 0 atom stereocenters. The maximum absolute atomic E-state index is 12.2. The van der Waals surface area contributed by atoms with Crippen molar-refractivity contribution in [1.29, 1.82) is 0 Å². The zero-order chi connectivity index (χ0) is 12.3. The van der Waals surface area contributed by atoms with E-state index in [4.69, 9.17) is 0 Å². The Balaban J connectivity index is 2.05. The van der Waals surface area contributed by atoms with Crippen molar-refractivity contribution in [2.45, 2.75) is 13.8 Å². The molecular weight excluding hydrogens is 212 g/mol. The SMILES string of the molecule is Cc1ccc(C)c(C(=O)CN2CCNCC2)c1. The van der Waals surface area contributed by atoms with Crippen LogP contribution < -0.4 is 5.32 Å². The molecule has 1 heterocycles. The molecule has 1 saturated heterocycles. The molecule has 0 radical (unpaired) electrons. The van der Waals surface area contributed by atoms with Crippen LogP contribution in [-0.4, -0.2) is 43.4 Å². The van der Waals surface area contributed by atoms with Crippen molar-refractivity contribution in [3.8, 4) is 0 Å². The summed E-state index contributed by atoms with van der Waals surface area (Å²) >= 11 is 0. The zero-order valence-corrected chi connectivity index (χ0v) is 10.6. The Bertz CT molecular complexity index is 409. The van der Waals surface area contributed by atoms with Gasteiger partial charge in [-0.3, -0.25) is 9.69 Å². The molecule has 0 aromatic heterocycles. The Hall–Kier alpha value is -1.19. The number of aryl methyl sites for hydroxylation is 2. The molecule has 3 heteroatoms. The van der Waals surface area contributed by atoms with E-state index in [1.165, 1.54) is 0 Å². The van der Waals surface area contributed by atoms with E-state index in [0.29, 0.717) is 6.54 Å². The molecule has 0 spiro atoms. The Kier molecular flexibility index (Phi) is 3.92. The van der Waals surface area contributed by atoms with Gasteiger partial charge in [0, 0.05) is 31.7 Å². The number of hydrogen-bond acceptors (Lipinski definition) is 3. The van der Waals surface area contributed by atoms with Gasteiger partial charge in [-0.1, -0.05) is 17.7 Å². The van der Waals surface area contributed by atoms with Gasteiger partial charge in [-0.15, -0.1) is 0 Å². The maximum atomic E-state index is 12.2. The molecule has 92 valence electrons. The van der Waals surface area contributed by atoms with E-state index in [-0.39, 0.29) is 5.78 Å². The van der Waals surface area contributed by atoms with Crippen molar-refractivity contribution in [1.82, 2.24) is 10.2 Å². The van der Waals surface area contributed by atoms with Crippen LogP contribution >= 0.6 is 0 Å². The number of carbonyl (C=O) groups is 1. The zero-order valence-electron chi connectivity index (χ0n) is 10.6. The fraction of sp³-hybridized carbons (Fsp3) is 0.500. The van der Waals surface area contributed by atoms with Crippen LogP contribution in [-0.2, 0) is 0 Å². The van der Waals surface area contributed by atoms with Gasteiger partial charge >= 0.3 is 0 Å². The minimum Gasteiger partial charge on any atom is -0.314 e. The number of piperazine rings is 1. The van der Waals surface area contributed by atoms with E-state index in [0.717, 1.165) is 42.9 Å². The molecule has 1 N–H and O–H groups in total. The number of Topliss-reactive ketones (excluding diaryl/α,β-unsaturated/α-hetero) is 1. The molecule has 17 heavy (non-hydrogen) atoms. The summed E-state index contributed by atoms with van der Waals surface area (Å²) in [6.45, 7) is 8.49. The largest absolute Gasteiger partial charge is 0.314 e. The highest BCUT2D eigenvalue weighted by Crippen LogP contribution is 2.12. The van der Waals surface area contributed by atoms with E-state index in [1.54, 1.807) is 0 Å². The van der Waals surface area contributed by atoms with Gasteiger partial charge in [-0.25, -0.2) is 0 Å². The average Bonchev–Trinajstić information content (AvgIpc) is 2.33. The second-order valence-electron chi connectivity index (χ2n) is 4.77. The van der Waals surface area contributed by atoms with Gasteiger partial charge in [0.05, 0.1) is 6.54 Å². The number of carbonyl (C=O) groups excluding carboxylic acids is 1. The van der Waals surface area contributed by atoms with Crippen LogP contribution in [0.2, 0.25) is 0 Å². The number of ketones is 1. The second kappa shape index (κ2) is 5.43. The van der Waals surface area contributed by atoms with Crippen molar-refractivity contribution in [3.05, 3.63) is 34.9 Å². The van der Waals surface area contributed by atoms with Crippen molar-refractivity contribution >= 4 is 5.78 Å². The van der Waals surface area contributed by atoms with E-state index in [1.807, 2.05) is 26.0 Å². The molecule has 3 nitrogen and oxygen atoms in total. The van der Waals surface area contributed by atoms with Crippen molar-refractivity contribution < 1.29 is 4.79 Å². The lowest BCUT2D eigenvalue weighted by Crippen LogP contribution is -2.45. The Morgan fingerprint density at radius 2 is 2.00 bits per heavy atom. The summed E-state index contributed by atoms with van der Waals surface area (Å²) in [4.78, 5) is 14.4. The molecule has 2 rings (SSSR count). The van der Waals surface area contributed by atoms with Crippen molar-refractivity contribution in [3.63, 3.8) is 0 Å². The third-order valence-electron chi connectivity index (χ3n) is 3.27. The first kappa shape index (κ1) is 12.3. The third kappa shape index (κ3) is 3.14. The lowest BCUT2D eigenvalue weighted by atomic mass is 10.0. The van der Waals surface area contributed by atoms with E-state index >= 15 is 0 Å². The van der Waals surface area contributed by atoms with Gasteiger partial charge in [0.25, 0.3) is 0 Å². The first-order chi connectivity index (χ1) is 8.16. The highest BCUT2D eigenvalue weighted by atomic mass is 16.1. The van der Waals surface area contributed by atoms with Crippen LogP contribution in [0.5, 0.6) is 0 Å². The summed E-state index contributed by atoms with van der Waals surface area (Å²) in [6.07, 6.45) is 0. The summed E-state index contributed by atoms with van der Waals surface area (Å²) in [7, 11) is 0. The molecule has 1 aliphatic rings. The van der Waals surface area contributed by atoms with Crippen LogP contribution in [0.15, 0.2) is 18.2 Å². The van der Waals surface area contributed by atoms with E-state index in [9.17, 15) is 4.79 Å². The predicted molar refractivity (Wildman–Crippen MR) is 69.6 cm³/mol. The number of nitrogens with one attached hydrogen (secondary N) is 1. The van der Waals surface area contributed by atoms with Crippen molar-refractivity contribution in [2.24, 2.45) is 0 Å². The number of benzene rings is 1. The van der Waals surface area contributed by atoms with Crippen LogP contribution in [0.4, 0.5) is 0 Å². The van der Waals surface area contributed by atoms with Crippen LogP contribution in [0.3, 0.4) is 0 Å². The second-order valence-corrected chi connectivity index (χ2v) is 4.77. The predicted octanol–water partition coefficient (Wildman–Crippen LogP) is 1.39. The van der Waals surface area contributed by atoms with E-state index in [2.05, 4.69) is 16.3 Å². The highest BCUT2D eigenvalue weighted by Gasteiger charge is 2.16. The topological polar surface area (TPSA) is 32.3 Å². The van der Waals surface area contributed by atoms with E-state index < -0.39 is 0 Å². The normalized spacial score (nSPS) is 17.1. The smallest absolute Gasteiger partial charge is 0.177 e. The molecule has 1 aliphatic heterocycles. The van der Waals surface area contributed by atoms with Gasteiger partial charge in [0.2, 0.25) is 0 Å². The lowest BCUT2D eigenvalue weighted by molar-refractivity contribution is 0.0921. The molecule has 0 bridgehead atoms. The number of nitrogens with zero attached hydrogens (tertiary/aromatic N) is 1. The van der Waals surface area contributed by atoms with Gasteiger partial charge in [0.15, 0.2) is 5.78 Å². The summed E-state index contributed by atoms with van der Waals surface area (Å²) in [5.41, 5.74) is 3.11. The standard InChI is InChI=1S/C14H20N2O/c1-11-3-4-12(2)13(9-11)14(17)10-16-7-5-15-6-8-16/h3-4,9,15H,5-8,10H2,1-2H3. The highest BCUT2D eigenvalue weighted by molar-refractivity contribution is 5.99. The fourth-order valence-electron chi connectivity index (χ4n) is 2.19. The van der Waals surface area contributed by atoms with Gasteiger partial charge in [-0.05, 0) is 25.5 Å². The minimum atomic E-state index is 0.244.